The quantitative estimate of drug-likeness (QED) is 0.802. The molecule has 0 spiro atoms. The van der Waals surface area contributed by atoms with Gasteiger partial charge in [-0.15, -0.1) is 0 Å². The third-order valence-corrected chi connectivity index (χ3v) is 3.60. The van der Waals surface area contributed by atoms with Crippen LogP contribution in [0.25, 0.3) is 0 Å². The number of piperidine rings is 1. The molecule has 0 aromatic carbocycles. The first-order valence-electron chi connectivity index (χ1n) is 6.05. The van der Waals surface area contributed by atoms with Crippen LogP contribution >= 0.6 is 0 Å². The number of hydrogen-bond donors (Lipinski definition) is 1. The number of amides is 1. The van der Waals surface area contributed by atoms with Gasteiger partial charge >= 0.3 is 18.1 Å². The predicted molar refractivity (Wildman–Crippen MR) is 61.4 cm³/mol. The van der Waals surface area contributed by atoms with Crippen molar-refractivity contribution in [3.05, 3.63) is 0 Å². The smallest absolute Gasteiger partial charge is 0.471 e. The van der Waals surface area contributed by atoms with E-state index in [9.17, 15) is 22.8 Å². The summed E-state index contributed by atoms with van der Waals surface area (Å²) in [7, 11) is 0. The molecule has 1 saturated heterocycles. The maximum atomic E-state index is 12.5. The summed E-state index contributed by atoms with van der Waals surface area (Å²) in [6.45, 7) is 5.44. The lowest BCUT2D eigenvalue weighted by Gasteiger charge is -2.42. The number of alkyl halides is 3. The Labute approximate surface area is 109 Å². The van der Waals surface area contributed by atoms with Crippen molar-refractivity contribution in [1.82, 2.24) is 4.90 Å². The Morgan fingerprint density at radius 3 is 2.05 bits per heavy atom. The molecule has 1 amide bonds. The van der Waals surface area contributed by atoms with Crippen LogP contribution in [0.5, 0.6) is 0 Å². The van der Waals surface area contributed by atoms with E-state index < -0.39 is 24.1 Å². The lowest BCUT2D eigenvalue weighted by Crippen LogP contribution is -2.56. The van der Waals surface area contributed by atoms with Gasteiger partial charge in [0.2, 0.25) is 0 Å². The molecule has 0 saturated carbocycles. The number of nitrogens with zero attached hydrogens (tertiary/aromatic N) is 1. The van der Waals surface area contributed by atoms with Crippen molar-refractivity contribution in [2.75, 3.05) is 6.54 Å². The molecule has 0 radical (unpaired) electrons. The molecule has 0 aliphatic carbocycles. The molecule has 2 atom stereocenters. The van der Waals surface area contributed by atoms with E-state index in [1.54, 1.807) is 0 Å². The minimum atomic E-state index is -5.03. The number of carbonyl (C=O) groups excluding carboxylic acids is 1. The zero-order valence-electron chi connectivity index (χ0n) is 11.1. The van der Waals surface area contributed by atoms with Gasteiger partial charge < -0.3 is 10.0 Å². The molecule has 1 rings (SSSR count). The van der Waals surface area contributed by atoms with Gasteiger partial charge in [-0.25, -0.2) is 4.79 Å². The van der Waals surface area contributed by atoms with E-state index >= 15 is 0 Å². The van der Waals surface area contributed by atoms with Crippen LogP contribution in [-0.2, 0) is 9.59 Å². The van der Waals surface area contributed by atoms with Crippen molar-refractivity contribution in [1.29, 1.82) is 0 Å². The number of likely N-dealkylation sites (tertiary alicyclic amines) is 1. The maximum Gasteiger partial charge on any atom is 0.471 e. The van der Waals surface area contributed by atoms with E-state index in [1.165, 1.54) is 0 Å². The van der Waals surface area contributed by atoms with Gasteiger partial charge in [-0.3, -0.25) is 4.79 Å². The van der Waals surface area contributed by atoms with E-state index in [-0.39, 0.29) is 24.3 Å². The van der Waals surface area contributed by atoms with Gasteiger partial charge in [-0.2, -0.15) is 13.2 Å². The van der Waals surface area contributed by atoms with Crippen LogP contribution in [0.3, 0.4) is 0 Å². The molecule has 0 aromatic heterocycles. The molecule has 0 bridgehead atoms. The van der Waals surface area contributed by atoms with Crippen LogP contribution in [0, 0.1) is 11.3 Å². The van der Waals surface area contributed by atoms with Crippen LogP contribution in [0.1, 0.15) is 33.6 Å². The Kier molecular flexibility index (Phi) is 4.17. The summed E-state index contributed by atoms with van der Waals surface area (Å²) >= 11 is 0. The highest BCUT2D eigenvalue weighted by atomic mass is 19.4. The number of hydrogen-bond acceptors (Lipinski definition) is 2. The third-order valence-electron chi connectivity index (χ3n) is 3.60. The fourth-order valence-electron chi connectivity index (χ4n) is 2.32. The zero-order valence-corrected chi connectivity index (χ0v) is 11.1. The SMILES string of the molecule is CC(C)(C)[C@@H]1CC[C@H](C(=O)O)N(C(=O)C(F)(F)F)C1. The van der Waals surface area contributed by atoms with Crippen molar-refractivity contribution in [2.24, 2.45) is 11.3 Å². The summed E-state index contributed by atoms with van der Waals surface area (Å²) in [6, 6.07) is -1.38. The lowest BCUT2D eigenvalue weighted by atomic mass is 9.75. The average Bonchev–Trinajstić information content (AvgIpc) is 2.24. The summed E-state index contributed by atoms with van der Waals surface area (Å²) < 4.78 is 37.5. The van der Waals surface area contributed by atoms with Crippen LogP contribution in [-0.4, -0.2) is 40.6 Å². The second-order valence-electron chi connectivity index (χ2n) is 5.95. The fraction of sp³-hybridized carbons (Fsp3) is 0.833. The zero-order chi connectivity index (χ0) is 15.0. The third kappa shape index (κ3) is 3.61. The Hall–Kier alpha value is -1.27. The standard InChI is InChI=1S/C12H18F3NO3/c1-11(2,3)7-4-5-8(9(17)18)16(6-7)10(19)12(13,14)15/h7-8H,4-6H2,1-3H3,(H,17,18)/t7-,8-/m1/s1. The van der Waals surface area contributed by atoms with Crippen LogP contribution in [0.4, 0.5) is 13.2 Å². The lowest BCUT2D eigenvalue weighted by molar-refractivity contribution is -0.193. The monoisotopic (exact) mass is 281 g/mol. The Morgan fingerprint density at radius 2 is 1.68 bits per heavy atom. The van der Waals surface area contributed by atoms with Gasteiger partial charge in [-0.1, -0.05) is 20.8 Å². The molecule has 1 aliphatic heterocycles. The summed E-state index contributed by atoms with van der Waals surface area (Å²) in [4.78, 5) is 22.8. The van der Waals surface area contributed by atoms with Crippen molar-refractivity contribution in [2.45, 2.75) is 45.8 Å². The number of aliphatic carboxylic acids is 1. The van der Waals surface area contributed by atoms with E-state index in [1.807, 2.05) is 20.8 Å². The fourth-order valence-corrected chi connectivity index (χ4v) is 2.32. The predicted octanol–water partition coefficient (Wildman–Crippen LogP) is 2.29. The number of carboxylic acids is 1. The summed E-state index contributed by atoms with van der Waals surface area (Å²) in [6.07, 6.45) is -4.48. The van der Waals surface area contributed by atoms with Gasteiger partial charge in [-0.05, 0) is 24.2 Å². The molecular formula is C12H18F3NO3. The molecule has 4 nitrogen and oxygen atoms in total. The summed E-state index contributed by atoms with van der Waals surface area (Å²) in [5.74, 6) is -3.59. The van der Waals surface area contributed by atoms with Gasteiger partial charge in [0.25, 0.3) is 0 Å². The summed E-state index contributed by atoms with van der Waals surface area (Å²) in [5, 5.41) is 8.95. The first-order chi connectivity index (χ1) is 8.44. The first-order valence-corrected chi connectivity index (χ1v) is 6.05. The largest absolute Gasteiger partial charge is 0.480 e. The molecule has 1 aliphatic rings. The molecular weight excluding hydrogens is 263 g/mol. The van der Waals surface area contributed by atoms with Gasteiger partial charge in [0.05, 0.1) is 0 Å². The highest BCUT2D eigenvalue weighted by Gasteiger charge is 2.49. The van der Waals surface area contributed by atoms with Crippen molar-refractivity contribution in [3.63, 3.8) is 0 Å². The van der Waals surface area contributed by atoms with E-state index in [0.29, 0.717) is 11.3 Å². The molecule has 1 fully saturated rings. The Balaban J connectivity index is 2.98. The number of carbonyl (C=O) groups is 2. The number of rotatable bonds is 1. The van der Waals surface area contributed by atoms with Crippen molar-refractivity contribution in [3.8, 4) is 0 Å². The molecule has 0 unspecified atom stereocenters. The topological polar surface area (TPSA) is 57.6 Å². The van der Waals surface area contributed by atoms with Gasteiger partial charge in [0, 0.05) is 6.54 Å². The van der Waals surface area contributed by atoms with E-state index in [0.717, 1.165) is 0 Å². The highest BCUT2D eigenvalue weighted by Crippen LogP contribution is 2.36. The second-order valence-corrected chi connectivity index (χ2v) is 5.95. The molecule has 19 heavy (non-hydrogen) atoms. The normalized spacial score (nSPS) is 25.3. The molecule has 1 N–H and O–H groups in total. The Bertz CT molecular complexity index is 373. The van der Waals surface area contributed by atoms with Crippen molar-refractivity contribution >= 4 is 11.9 Å². The Morgan fingerprint density at radius 1 is 1.16 bits per heavy atom. The molecule has 110 valence electrons. The van der Waals surface area contributed by atoms with Crippen LogP contribution in [0.2, 0.25) is 0 Å². The minimum Gasteiger partial charge on any atom is -0.480 e. The van der Waals surface area contributed by atoms with Gasteiger partial charge in [0.15, 0.2) is 0 Å². The van der Waals surface area contributed by atoms with Gasteiger partial charge in [0.1, 0.15) is 6.04 Å². The van der Waals surface area contributed by atoms with Crippen LogP contribution in [0.15, 0.2) is 0 Å². The molecule has 1 heterocycles. The molecule has 7 heteroatoms. The summed E-state index contributed by atoms with van der Waals surface area (Å²) in [5.41, 5.74) is -0.270. The number of halogens is 3. The first kappa shape index (κ1) is 15.8. The highest BCUT2D eigenvalue weighted by molar-refractivity contribution is 5.87. The minimum absolute atomic E-state index is 0.0547. The molecule has 0 aromatic rings. The number of carboxylic acid groups (broad SMARTS) is 1. The van der Waals surface area contributed by atoms with Crippen molar-refractivity contribution < 1.29 is 27.9 Å². The van der Waals surface area contributed by atoms with E-state index in [2.05, 4.69) is 0 Å². The average molecular weight is 281 g/mol. The maximum absolute atomic E-state index is 12.5. The van der Waals surface area contributed by atoms with Crippen LogP contribution < -0.4 is 0 Å². The second kappa shape index (κ2) is 5.02. The van der Waals surface area contributed by atoms with E-state index in [4.69, 9.17) is 5.11 Å².